The molecular formula is C16H14ClFN2O2. The molecular weight excluding hydrogens is 307 g/mol. The third-order valence-electron chi connectivity index (χ3n) is 2.81. The summed E-state index contributed by atoms with van der Waals surface area (Å²) in [6, 6.07) is 13.0. The molecule has 4 nitrogen and oxygen atoms in total. The first-order valence-electron chi connectivity index (χ1n) is 6.53. The zero-order valence-electron chi connectivity index (χ0n) is 11.8. The van der Waals surface area contributed by atoms with E-state index in [0.717, 1.165) is 0 Å². The summed E-state index contributed by atoms with van der Waals surface area (Å²) in [7, 11) is 0. The Morgan fingerprint density at radius 2 is 1.91 bits per heavy atom. The van der Waals surface area contributed by atoms with Crippen LogP contribution in [0.5, 0.6) is 5.75 Å². The Bertz CT molecular complexity index is 704. The average Bonchev–Trinajstić information content (AvgIpc) is 2.52. The minimum absolute atomic E-state index is 0.238. The van der Waals surface area contributed by atoms with Crippen LogP contribution in [0.3, 0.4) is 0 Å². The molecule has 0 aliphatic carbocycles. The van der Waals surface area contributed by atoms with Gasteiger partial charge < -0.3 is 4.74 Å². The predicted molar refractivity (Wildman–Crippen MR) is 83.7 cm³/mol. The number of amides is 1. The molecule has 0 radical (unpaired) electrons. The number of halogens is 2. The van der Waals surface area contributed by atoms with Crippen LogP contribution in [0.4, 0.5) is 4.39 Å². The lowest BCUT2D eigenvalue weighted by atomic mass is 10.1. The maximum atomic E-state index is 13.5. The summed E-state index contributed by atoms with van der Waals surface area (Å²) < 4.78 is 18.8. The van der Waals surface area contributed by atoms with E-state index < -0.39 is 11.7 Å². The van der Waals surface area contributed by atoms with Gasteiger partial charge in [0.25, 0.3) is 5.91 Å². The van der Waals surface area contributed by atoms with Gasteiger partial charge in [0.2, 0.25) is 0 Å². The van der Waals surface area contributed by atoms with Crippen molar-refractivity contribution in [2.24, 2.45) is 5.10 Å². The topological polar surface area (TPSA) is 50.7 Å². The number of nitrogens with zero attached hydrogens (tertiary/aromatic N) is 1. The van der Waals surface area contributed by atoms with E-state index in [4.69, 9.17) is 16.3 Å². The highest BCUT2D eigenvalue weighted by molar-refractivity contribution is 6.32. The molecule has 1 amide bonds. The van der Waals surface area contributed by atoms with E-state index in [0.29, 0.717) is 22.0 Å². The van der Waals surface area contributed by atoms with E-state index >= 15 is 0 Å². The molecule has 0 aromatic heterocycles. The van der Waals surface area contributed by atoms with E-state index in [9.17, 15) is 9.18 Å². The standard InChI is InChI=1S/C16H14ClFN2O2/c1-11(12-6-2-4-8-14(12)18)19-20-16(21)10-22-15-9-5-3-7-13(15)17/h2-9H,10H2,1H3,(H,20,21)/b19-11+. The van der Waals surface area contributed by atoms with Crippen molar-refractivity contribution >= 4 is 23.2 Å². The molecule has 0 atom stereocenters. The summed E-state index contributed by atoms with van der Waals surface area (Å²) in [5.74, 6) is -0.449. The molecule has 0 aliphatic rings. The zero-order valence-corrected chi connectivity index (χ0v) is 12.6. The molecule has 114 valence electrons. The second-order valence-electron chi connectivity index (χ2n) is 4.43. The van der Waals surface area contributed by atoms with Gasteiger partial charge >= 0.3 is 0 Å². The number of hydrazone groups is 1. The Kier molecular flexibility index (Phi) is 5.49. The van der Waals surface area contributed by atoms with Gasteiger partial charge in [-0.3, -0.25) is 4.79 Å². The van der Waals surface area contributed by atoms with Crippen LogP contribution in [0.15, 0.2) is 53.6 Å². The molecule has 2 aromatic rings. The van der Waals surface area contributed by atoms with Gasteiger partial charge in [0.1, 0.15) is 11.6 Å². The van der Waals surface area contributed by atoms with Crippen molar-refractivity contribution < 1.29 is 13.9 Å². The SMILES string of the molecule is C/C(=N\NC(=O)COc1ccccc1Cl)c1ccccc1F. The van der Waals surface area contributed by atoms with Crippen LogP contribution in [0.2, 0.25) is 5.02 Å². The maximum Gasteiger partial charge on any atom is 0.277 e. The van der Waals surface area contributed by atoms with Crippen molar-refractivity contribution in [1.29, 1.82) is 0 Å². The lowest BCUT2D eigenvalue weighted by molar-refractivity contribution is -0.123. The van der Waals surface area contributed by atoms with Crippen LogP contribution >= 0.6 is 11.6 Å². The number of carbonyl (C=O) groups excluding carboxylic acids is 1. The smallest absolute Gasteiger partial charge is 0.277 e. The van der Waals surface area contributed by atoms with Crippen molar-refractivity contribution in [3.8, 4) is 5.75 Å². The fourth-order valence-corrected chi connectivity index (χ4v) is 1.89. The van der Waals surface area contributed by atoms with E-state index in [1.807, 2.05) is 0 Å². The summed E-state index contributed by atoms with van der Waals surface area (Å²) >= 11 is 5.91. The van der Waals surface area contributed by atoms with Crippen molar-refractivity contribution in [2.75, 3.05) is 6.61 Å². The van der Waals surface area contributed by atoms with Gasteiger partial charge in [0.05, 0.1) is 10.7 Å². The van der Waals surface area contributed by atoms with E-state index in [-0.39, 0.29) is 6.61 Å². The van der Waals surface area contributed by atoms with E-state index in [2.05, 4.69) is 10.5 Å². The second-order valence-corrected chi connectivity index (χ2v) is 4.84. The van der Waals surface area contributed by atoms with Crippen molar-refractivity contribution in [1.82, 2.24) is 5.43 Å². The molecule has 0 fully saturated rings. The quantitative estimate of drug-likeness (QED) is 0.678. The van der Waals surface area contributed by atoms with Crippen LogP contribution in [-0.2, 0) is 4.79 Å². The van der Waals surface area contributed by atoms with Crippen LogP contribution in [-0.4, -0.2) is 18.2 Å². The van der Waals surface area contributed by atoms with E-state index in [1.165, 1.54) is 6.07 Å². The zero-order chi connectivity index (χ0) is 15.9. The molecule has 2 aromatic carbocycles. The van der Waals surface area contributed by atoms with Crippen LogP contribution in [0, 0.1) is 5.82 Å². The van der Waals surface area contributed by atoms with Crippen molar-refractivity contribution in [3.63, 3.8) is 0 Å². The average molecular weight is 321 g/mol. The second kappa shape index (κ2) is 7.56. The van der Waals surface area contributed by atoms with Gasteiger partial charge in [-0.1, -0.05) is 41.9 Å². The highest BCUT2D eigenvalue weighted by atomic mass is 35.5. The summed E-state index contributed by atoms with van der Waals surface area (Å²) in [5.41, 5.74) is 3.01. The van der Waals surface area contributed by atoms with Crippen molar-refractivity contribution in [2.45, 2.75) is 6.92 Å². The predicted octanol–water partition coefficient (Wildman–Crippen LogP) is 3.40. The molecule has 0 aliphatic heterocycles. The lowest BCUT2D eigenvalue weighted by Gasteiger charge is -2.07. The van der Waals surface area contributed by atoms with Gasteiger partial charge in [-0.25, -0.2) is 9.82 Å². The largest absolute Gasteiger partial charge is 0.482 e. The number of ether oxygens (including phenoxy) is 1. The number of rotatable bonds is 5. The van der Waals surface area contributed by atoms with Gasteiger partial charge in [-0.15, -0.1) is 0 Å². The van der Waals surface area contributed by atoms with Gasteiger partial charge in [0.15, 0.2) is 6.61 Å². The van der Waals surface area contributed by atoms with Crippen LogP contribution in [0.25, 0.3) is 0 Å². The number of hydrogen-bond donors (Lipinski definition) is 1. The van der Waals surface area contributed by atoms with Crippen LogP contribution in [0.1, 0.15) is 12.5 Å². The van der Waals surface area contributed by atoms with E-state index in [1.54, 1.807) is 49.4 Å². The number of benzene rings is 2. The highest BCUT2D eigenvalue weighted by Gasteiger charge is 2.07. The Balaban J connectivity index is 1.91. The monoisotopic (exact) mass is 320 g/mol. The minimum Gasteiger partial charge on any atom is -0.482 e. The third-order valence-corrected chi connectivity index (χ3v) is 3.12. The number of hydrogen-bond acceptors (Lipinski definition) is 3. The lowest BCUT2D eigenvalue weighted by Crippen LogP contribution is -2.25. The fraction of sp³-hybridized carbons (Fsp3) is 0.125. The molecule has 0 heterocycles. The fourth-order valence-electron chi connectivity index (χ4n) is 1.70. The van der Waals surface area contributed by atoms with Gasteiger partial charge in [-0.05, 0) is 25.1 Å². The molecule has 2 rings (SSSR count). The Morgan fingerprint density at radius 1 is 1.23 bits per heavy atom. The van der Waals surface area contributed by atoms with Crippen LogP contribution < -0.4 is 10.2 Å². The first-order chi connectivity index (χ1) is 10.6. The van der Waals surface area contributed by atoms with Gasteiger partial charge in [0, 0.05) is 5.56 Å². The minimum atomic E-state index is -0.462. The Morgan fingerprint density at radius 3 is 2.64 bits per heavy atom. The summed E-state index contributed by atoms with van der Waals surface area (Å²) in [4.78, 5) is 11.7. The molecule has 0 spiro atoms. The molecule has 1 N–H and O–H groups in total. The molecule has 22 heavy (non-hydrogen) atoms. The number of carbonyl (C=O) groups is 1. The first-order valence-corrected chi connectivity index (χ1v) is 6.91. The van der Waals surface area contributed by atoms with Crippen molar-refractivity contribution in [3.05, 3.63) is 64.9 Å². The third kappa shape index (κ3) is 4.30. The molecule has 0 bridgehead atoms. The summed E-state index contributed by atoms with van der Waals surface area (Å²) in [5, 5.41) is 4.27. The molecule has 0 saturated carbocycles. The molecule has 0 unspecified atom stereocenters. The normalized spacial score (nSPS) is 11.1. The first kappa shape index (κ1) is 16.0. The summed E-state index contributed by atoms with van der Waals surface area (Å²) in [6.07, 6.45) is 0. The number of nitrogens with one attached hydrogen (secondary N) is 1. The molecule has 6 heteroatoms. The number of para-hydroxylation sites is 1. The summed E-state index contributed by atoms with van der Waals surface area (Å²) in [6.45, 7) is 1.37. The maximum absolute atomic E-state index is 13.5. The Hall–Kier alpha value is -2.40. The van der Waals surface area contributed by atoms with Gasteiger partial charge in [-0.2, -0.15) is 5.10 Å². The highest BCUT2D eigenvalue weighted by Crippen LogP contribution is 2.22. The Labute approximate surface area is 132 Å². The molecule has 0 saturated heterocycles.